The lowest BCUT2D eigenvalue weighted by Gasteiger charge is -2.06. The minimum atomic E-state index is -3.36. The molecule has 0 aliphatic rings. The number of hydrogen-bond acceptors (Lipinski definition) is 4. The summed E-state index contributed by atoms with van der Waals surface area (Å²) in [7, 11) is -3.36. The van der Waals surface area contributed by atoms with Crippen LogP contribution in [0.25, 0.3) is 0 Å². The van der Waals surface area contributed by atoms with Crippen molar-refractivity contribution in [3.05, 3.63) is 51.6 Å². The number of rotatable bonds is 3. The number of aromatic nitrogens is 1. The fourth-order valence-electron chi connectivity index (χ4n) is 1.51. The van der Waals surface area contributed by atoms with Gasteiger partial charge in [-0.3, -0.25) is 4.79 Å². The summed E-state index contributed by atoms with van der Waals surface area (Å²) in [5.41, 5.74) is 0.817. The first-order chi connectivity index (χ1) is 9.77. The van der Waals surface area contributed by atoms with Crippen molar-refractivity contribution < 1.29 is 13.2 Å². The number of anilines is 1. The van der Waals surface area contributed by atoms with Crippen molar-refractivity contribution in [2.75, 3.05) is 11.6 Å². The fraction of sp³-hybridized carbons (Fsp3) is 0.0769. The van der Waals surface area contributed by atoms with Crippen molar-refractivity contribution in [1.82, 2.24) is 4.98 Å². The van der Waals surface area contributed by atoms with E-state index in [9.17, 15) is 13.2 Å². The van der Waals surface area contributed by atoms with Crippen LogP contribution in [0.5, 0.6) is 0 Å². The van der Waals surface area contributed by atoms with E-state index >= 15 is 0 Å². The van der Waals surface area contributed by atoms with Crippen LogP contribution < -0.4 is 5.32 Å². The molecule has 0 spiro atoms. The topological polar surface area (TPSA) is 76.1 Å². The normalized spacial score (nSPS) is 11.2. The number of sulfone groups is 1. The molecule has 0 aliphatic heterocycles. The molecule has 0 bridgehead atoms. The van der Waals surface area contributed by atoms with Gasteiger partial charge in [0, 0.05) is 16.3 Å². The Morgan fingerprint density at radius 3 is 2.52 bits per heavy atom. The lowest BCUT2D eigenvalue weighted by Crippen LogP contribution is -2.12. The molecule has 0 saturated carbocycles. The summed E-state index contributed by atoms with van der Waals surface area (Å²) in [5, 5.41) is 3.08. The number of hydrogen-bond donors (Lipinski definition) is 1. The van der Waals surface area contributed by atoms with E-state index in [2.05, 4.69) is 26.2 Å². The molecule has 21 heavy (non-hydrogen) atoms. The number of nitrogens with one attached hydrogen (secondary N) is 1. The van der Waals surface area contributed by atoms with E-state index in [-0.39, 0.29) is 10.9 Å². The molecule has 1 N–H and O–H groups in total. The van der Waals surface area contributed by atoms with Gasteiger partial charge in [0.15, 0.2) is 14.9 Å². The molecule has 0 radical (unpaired) electrons. The average Bonchev–Trinajstić information content (AvgIpc) is 2.41. The number of halogens is 2. The molecule has 0 atom stereocenters. The molecule has 1 aromatic carbocycles. The highest BCUT2D eigenvalue weighted by Gasteiger charge is 2.11. The van der Waals surface area contributed by atoms with Crippen LogP contribution in [-0.2, 0) is 9.84 Å². The van der Waals surface area contributed by atoms with Gasteiger partial charge >= 0.3 is 0 Å². The standard InChI is InChI=1S/C13H10BrClN2O3S/c1-21(19,20)12-5-3-9(7-16-12)17-13(18)8-2-4-11(15)10(14)6-8/h2-7H,1H3,(H,17,18). The minimum Gasteiger partial charge on any atom is -0.321 e. The highest BCUT2D eigenvalue weighted by molar-refractivity contribution is 9.10. The van der Waals surface area contributed by atoms with Crippen molar-refractivity contribution in [2.45, 2.75) is 5.03 Å². The fourth-order valence-corrected chi connectivity index (χ4v) is 2.57. The molecule has 1 aromatic heterocycles. The largest absolute Gasteiger partial charge is 0.321 e. The van der Waals surface area contributed by atoms with Crippen molar-refractivity contribution in [2.24, 2.45) is 0 Å². The zero-order valence-corrected chi connectivity index (χ0v) is 14.0. The van der Waals surface area contributed by atoms with E-state index in [1.165, 1.54) is 18.3 Å². The molecule has 2 rings (SSSR count). The van der Waals surface area contributed by atoms with Gasteiger partial charge in [0.05, 0.1) is 16.9 Å². The minimum absolute atomic E-state index is 0.0465. The summed E-state index contributed by atoms with van der Waals surface area (Å²) in [6.45, 7) is 0. The zero-order valence-electron chi connectivity index (χ0n) is 10.8. The Kier molecular flexibility index (Phi) is 4.65. The molecule has 5 nitrogen and oxygen atoms in total. The summed E-state index contributed by atoms with van der Waals surface area (Å²) in [6, 6.07) is 7.59. The molecule has 0 unspecified atom stereocenters. The van der Waals surface area contributed by atoms with E-state index in [1.807, 2.05) is 0 Å². The molecule has 110 valence electrons. The maximum atomic E-state index is 12.0. The van der Waals surface area contributed by atoms with Gasteiger partial charge in [0.2, 0.25) is 0 Å². The van der Waals surface area contributed by atoms with Crippen molar-refractivity contribution in [1.29, 1.82) is 0 Å². The van der Waals surface area contributed by atoms with Crippen LogP contribution in [-0.4, -0.2) is 25.6 Å². The molecule has 0 aliphatic carbocycles. The number of nitrogens with zero attached hydrogens (tertiary/aromatic N) is 1. The van der Waals surface area contributed by atoms with Crippen LogP contribution in [0, 0.1) is 0 Å². The van der Waals surface area contributed by atoms with E-state index in [0.717, 1.165) is 6.26 Å². The molecule has 1 amide bonds. The molecular weight excluding hydrogens is 380 g/mol. The predicted molar refractivity (Wildman–Crippen MR) is 84.5 cm³/mol. The van der Waals surface area contributed by atoms with Crippen molar-refractivity contribution >= 4 is 49.0 Å². The van der Waals surface area contributed by atoms with Crippen LogP contribution >= 0.6 is 27.5 Å². The Balaban J connectivity index is 2.18. The summed E-state index contributed by atoms with van der Waals surface area (Å²) >= 11 is 9.10. The third kappa shape index (κ3) is 4.03. The Morgan fingerprint density at radius 2 is 2.00 bits per heavy atom. The Hall–Kier alpha value is -1.44. The Bertz CT molecular complexity index is 792. The molecule has 1 heterocycles. The molecule has 0 saturated heterocycles. The Morgan fingerprint density at radius 1 is 1.29 bits per heavy atom. The van der Waals surface area contributed by atoms with Crippen molar-refractivity contribution in [3.63, 3.8) is 0 Å². The maximum Gasteiger partial charge on any atom is 0.255 e. The van der Waals surface area contributed by atoms with Crippen LogP contribution in [0.3, 0.4) is 0 Å². The second-order valence-corrected chi connectivity index (χ2v) is 7.46. The second kappa shape index (κ2) is 6.13. The van der Waals surface area contributed by atoms with Crippen molar-refractivity contribution in [3.8, 4) is 0 Å². The first-order valence-electron chi connectivity index (χ1n) is 5.70. The SMILES string of the molecule is CS(=O)(=O)c1ccc(NC(=O)c2ccc(Cl)c(Br)c2)cn1. The van der Waals surface area contributed by atoms with Gasteiger partial charge in [-0.2, -0.15) is 0 Å². The lowest BCUT2D eigenvalue weighted by atomic mass is 10.2. The summed E-state index contributed by atoms with van der Waals surface area (Å²) in [5.74, 6) is -0.346. The van der Waals surface area contributed by atoms with E-state index in [1.54, 1.807) is 18.2 Å². The van der Waals surface area contributed by atoms with Crippen LogP contribution in [0.15, 0.2) is 46.0 Å². The van der Waals surface area contributed by atoms with Gasteiger partial charge < -0.3 is 5.32 Å². The summed E-state index contributed by atoms with van der Waals surface area (Å²) in [6.07, 6.45) is 2.36. The highest BCUT2D eigenvalue weighted by Crippen LogP contribution is 2.23. The highest BCUT2D eigenvalue weighted by atomic mass is 79.9. The van der Waals surface area contributed by atoms with Crippen LogP contribution in [0.1, 0.15) is 10.4 Å². The first kappa shape index (κ1) is 15.9. The van der Waals surface area contributed by atoms with Gasteiger partial charge in [0.1, 0.15) is 0 Å². The number of amides is 1. The van der Waals surface area contributed by atoms with E-state index in [4.69, 9.17) is 11.6 Å². The molecule has 2 aromatic rings. The first-order valence-corrected chi connectivity index (χ1v) is 8.76. The summed E-state index contributed by atoms with van der Waals surface area (Å²) in [4.78, 5) is 15.8. The monoisotopic (exact) mass is 388 g/mol. The molecule has 0 fully saturated rings. The van der Waals surface area contributed by atoms with Gasteiger partial charge in [-0.15, -0.1) is 0 Å². The van der Waals surface area contributed by atoms with E-state index in [0.29, 0.717) is 20.7 Å². The number of benzene rings is 1. The Labute approximate surface area is 135 Å². The molecular formula is C13H10BrClN2O3S. The summed E-state index contributed by atoms with van der Waals surface area (Å²) < 4.78 is 23.2. The zero-order chi connectivity index (χ0) is 15.6. The number of pyridine rings is 1. The predicted octanol–water partition coefficient (Wildman–Crippen LogP) is 3.15. The molecule has 8 heteroatoms. The smallest absolute Gasteiger partial charge is 0.255 e. The second-order valence-electron chi connectivity index (χ2n) is 4.24. The lowest BCUT2D eigenvalue weighted by molar-refractivity contribution is 0.102. The van der Waals surface area contributed by atoms with Gasteiger partial charge in [0.25, 0.3) is 5.91 Å². The van der Waals surface area contributed by atoms with Gasteiger partial charge in [-0.1, -0.05) is 11.6 Å². The average molecular weight is 390 g/mol. The number of carbonyl (C=O) groups is 1. The third-order valence-corrected chi connectivity index (χ3v) is 4.77. The van der Waals surface area contributed by atoms with E-state index < -0.39 is 9.84 Å². The quantitative estimate of drug-likeness (QED) is 0.875. The van der Waals surface area contributed by atoms with Gasteiger partial charge in [-0.25, -0.2) is 13.4 Å². The van der Waals surface area contributed by atoms with Crippen LogP contribution in [0.4, 0.5) is 5.69 Å². The number of carbonyl (C=O) groups excluding carboxylic acids is 1. The maximum absolute atomic E-state index is 12.0. The van der Waals surface area contributed by atoms with Crippen LogP contribution in [0.2, 0.25) is 5.02 Å². The van der Waals surface area contributed by atoms with Gasteiger partial charge in [-0.05, 0) is 46.3 Å². The third-order valence-electron chi connectivity index (χ3n) is 2.56.